The second kappa shape index (κ2) is 7.74. The molecule has 0 spiro atoms. The molecule has 134 valence electrons. The van der Waals surface area contributed by atoms with Gasteiger partial charge in [-0.05, 0) is 41.3 Å². The van der Waals surface area contributed by atoms with Crippen molar-refractivity contribution in [2.45, 2.75) is 26.3 Å². The molecular formula is C20H20N2O3S. The average Bonchev–Trinajstić information content (AvgIpc) is 2.94. The van der Waals surface area contributed by atoms with Crippen molar-refractivity contribution in [2.24, 2.45) is 0 Å². The minimum absolute atomic E-state index is 0.186. The van der Waals surface area contributed by atoms with Gasteiger partial charge in [0.2, 0.25) is 5.91 Å². The van der Waals surface area contributed by atoms with E-state index in [-0.39, 0.29) is 29.4 Å². The van der Waals surface area contributed by atoms with Crippen LogP contribution in [0, 0.1) is 0 Å². The number of hydrogen-bond donors (Lipinski definition) is 1. The van der Waals surface area contributed by atoms with Gasteiger partial charge in [0, 0.05) is 11.3 Å². The number of benzene rings is 2. The van der Waals surface area contributed by atoms with Crippen LogP contribution in [0.2, 0.25) is 0 Å². The molecule has 3 rings (SSSR count). The summed E-state index contributed by atoms with van der Waals surface area (Å²) in [7, 11) is 0. The van der Waals surface area contributed by atoms with Crippen molar-refractivity contribution in [1.82, 2.24) is 4.90 Å². The first-order valence-corrected chi connectivity index (χ1v) is 9.40. The zero-order chi connectivity index (χ0) is 18.7. The molecule has 0 aliphatic carbocycles. The van der Waals surface area contributed by atoms with Crippen molar-refractivity contribution in [3.8, 4) is 0 Å². The van der Waals surface area contributed by atoms with Gasteiger partial charge in [-0.25, -0.2) is 0 Å². The van der Waals surface area contributed by atoms with Crippen LogP contribution in [-0.4, -0.2) is 27.7 Å². The minimum Gasteiger partial charge on any atom is -0.322 e. The Hall–Kier alpha value is -2.60. The molecule has 5 nitrogen and oxygen atoms in total. The summed E-state index contributed by atoms with van der Waals surface area (Å²) in [4.78, 5) is 37.1. The molecule has 1 fully saturated rings. The second-order valence-corrected chi connectivity index (χ2v) is 7.39. The monoisotopic (exact) mass is 368 g/mol. The summed E-state index contributed by atoms with van der Waals surface area (Å²) in [6, 6.07) is 14.7. The lowest BCUT2D eigenvalue weighted by Crippen LogP contribution is -2.28. The summed E-state index contributed by atoms with van der Waals surface area (Å²) < 4.78 is 0. The van der Waals surface area contributed by atoms with E-state index in [0.29, 0.717) is 11.5 Å². The summed E-state index contributed by atoms with van der Waals surface area (Å²) >= 11 is 1.01. The number of nitrogens with zero attached hydrogens (tertiary/aromatic N) is 1. The fraction of sp³-hybridized carbons (Fsp3) is 0.250. The highest BCUT2D eigenvalue weighted by molar-refractivity contribution is 8.14. The van der Waals surface area contributed by atoms with Crippen molar-refractivity contribution < 1.29 is 14.4 Å². The molecule has 1 N–H and O–H groups in total. The number of carbonyl (C=O) groups excluding carboxylic acids is 3. The fourth-order valence-electron chi connectivity index (χ4n) is 2.68. The number of rotatable bonds is 5. The van der Waals surface area contributed by atoms with Crippen LogP contribution in [0.5, 0.6) is 0 Å². The van der Waals surface area contributed by atoms with Crippen LogP contribution in [0.25, 0.3) is 0 Å². The molecule has 0 radical (unpaired) electrons. The Kier molecular flexibility index (Phi) is 5.42. The Labute approximate surface area is 156 Å². The SMILES string of the molecule is CC(C)c1ccc(NC(=O)c2cccc(CN3C(=O)CSC3=O)c2)cc1. The van der Waals surface area contributed by atoms with Crippen LogP contribution in [0.15, 0.2) is 48.5 Å². The maximum atomic E-state index is 12.5. The van der Waals surface area contributed by atoms with Crippen molar-refractivity contribution in [1.29, 1.82) is 0 Å². The Morgan fingerprint density at radius 3 is 2.50 bits per heavy atom. The molecule has 1 aliphatic heterocycles. The highest BCUT2D eigenvalue weighted by Crippen LogP contribution is 2.22. The lowest BCUT2D eigenvalue weighted by Gasteiger charge is -2.13. The van der Waals surface area contributed by atoms with Crippen LogP contribution in [0.3, 0.4) is 0 Å². The molecule has 0 unspecified atom stereocenters. The molecule has 1 heterocycles. The number of nitrogens with one attached hydrogen (secondary N) is 1. The van der Waals surface area contributed by atoms with Crippen LogP contribution in [0.4, 0.5) is 10.5 Å². The second-order valence-electron chi connectivity index (χ2n) is 6.47. The lowest BCUT2D eigenvalue weighted by molar-refractivity contribution is -0.125. The molecule has 0 saturated carbocycles. The topological polar surface area (TPSA) is 66.5 Å². The van der Waals surface area contributed by atoms with Crippen molar-refractivity contribution >= 4 is 34.5 Å². The van der Waals surface area contributed by atoms with E-state index < -0.39 is 0 Å². The van der Waals surface area contributed by atoms with Crippen LogP contribution in [0.1, 0.15) is 41.3 Å². The molecule has 3 amide bonds. The van der Waals surface area contributed by atoms with Gasteiger partial charge < -0.3 is 5.32 Å². The summed E-state index contributed by atoms with van der Waals surface area (Å²) in [5, 5.41) is 2.63. The highest BCUT2D eigenvalue weighted by atomic mass is 32.2. The molecule has 0 bridgehead atoms. The van der Waals surface area contributed by atoms with Gasteiger partial charge in [-0.3, -0.25) is 19.3 Å². The smallest absolute Gasteiger partial charge is 0.289 e. The summed E-state index contributed by atoms with van der Waals surface area (Å²) in [6.07, 6.45) is 0. The average molecular weight is 368 g/mol. The third-order valence-corrected chi connectivity index (χ3v) is 5.06. The number of thioether (sulfide) groups is 1. The normalized spacial score (nSPS) is 14.2. The zero-order valence-corrected chi connectivity index (χ0v) is 15.5. The van der Waals surface area contributed by atoms with E-state index >= 15 is 0 Å². The minimum atomic E-state index is -0.241. The largest absolute Gasteiger partial charge is 0.322 e. The molecule has 2 aromatic rings. The van der Waals surface area contributed by atoms with E-state index in [0.717, 1.165) is 23.0 Å². The van der Waals surface area contributed by atoms with Crippen LogP contribution < -0.4 is 5.32 Å². The number of imide groups is 1. The van der Waals surface area contributed by atoms with E-state index in [1.54, 1.807) is 24.3 Å². The van der Waals surface area contributed by atoms with Gasteiger partial charge in [0.25, 0.3) is 11.1 Å². The third kappa shape index (κ3) is 4.14. The first kappa shape index (κ1) is 18.2. The maximum absolute atomic E-state index is 12.5. The van der Waals surface area contributed by atoms with Gasteiger partial charge >= 0.3 is 0 Å². The van der Waals surface area contributed by atoms with Crippen molar-refractivity contribution in [2.75, 3.05) is 11.1 Å². The summed E-state index contributed by atoms with van der Waals surface area (Å²) in [6.45, 7) is 4.43. The summed E-state index contributed by atoms with van der Waals surface area (Å²) in [5.41, 5.74) is 3.17. The molecule has 6 heteroatoms. The number of anilines is 1. The first-order chi connectivity index (χ1) is 12.4. The van der Waals surface area contributed by atoms with Crippen molar-refractivity contribution in [3.63, 3.8) is 0 Å². The third-order valence-electron chi connectivity index (χ3n) is 4.21. The van der Waals surface area contributed by atoms with E-state index in [1.807, 2.05) is 24.3 Å². The molecule has 1 aliphatic rings. The van der Waals surface area contributed by atoms with E-state index in [1.165, 1.54) is 10.5 Å². The van der Waals surface area contributed by atoms with Crippen LogP contribution >= 0.6 is 11.8 Å². The van der Waals surface area contributed by atoms with Gasteiger partial charge in [0.15, 0.2) is 0 Å². The highest BCUT2D eigenvalue weighted by Gasteiger charge is 2.29. The Balaban J connectivity index is 1.70. The number of hydrogen-bond acceptors (Lipinski definition) is 4. The molecule has 0 atom stereocenters. The molecular weight excluding hydrogens is 348 g/mol. The zero-order valence-electron chi connectivity index (χ0n) is 14.7. The van der Waals surface area contributed by atoms with Gasteiger partial charge in [0.1, 0.15) is 0 Å². The van der Waals surface area contributed by atoms with E-state index in [9.17, 15) is 14.4 Å². The Morgan fingerprint density at radius 1 is 1.15 bits per heavy atom. The summed E-state index contributed by atoms with van der Waals surface area (Å²) in [5.74, 6) is 0.203. The number of amides is 3. The fourth-order valence-corrected chi connectivity index (χ4v) is 3.41. The lowest BCUT2D eigenvalue weighted by atomic mass is 10.0. The molecule has 2 aromatic carbocycles. The van der Waals surface area contributed by atoms with Gasteiger partial charge in [-0.15, -0.1) is 0 Å². The predicted molar refractivity (Wildman–Crippen MR) is 103 cm³/mol. The quantitative estimate of drug-likeness (QED) is 0.856. The van der Waals surface area contributed by atoms with Gasteiger partial charge in [0.05, 0.1) is 12.3 Å². The predicted octanol–water partition coefficient (Wildman–Crippen LogP) is 4.26. The molecule has 26 heavy (non-hydrogen) atoms. The molecule has 1 saturated heterocycles. The van der Waals surface area contributed by atoms with E-state index in [4.69, 9.17) is 0 Å². The van der Waals surface area contributed by atoms with Gasteiger partial charge in [-0.2, -0.15) is 0 Å². The van der Waals surface area contributed by atoms with Crippen molar-refractivity contribution in [3.05, 3.63) is 65.2 Å². The first-order valence-electron chi connectivity index (χ1n) is 8.41. The van der Waals surface area contributed by atoms with Gasteiger partial charge in [-0.1, -0.05) is 49.9 Å². The molecule has 0 aromatic heterocycles. The van der Waals surface area contributed by atoms with Crippen LogP contribution in [-0.2, 0) is 11.3 Å². The maximum Gasteiger partial charge on any atom is 0.289 e. The Bertz CT molecular complexity index is 830. The number of carbonyl (C=O) groups is 3. The standard InChI is InChI=1S/C20H20N2O3S/c1-13(2)15-6-8-17(9-7-15)21-19(24)16-5-3-4-14(10-16)11-22-18(23)12-26-20(22)25/h3-10,13H,11-12H2,1-2H3,(H,21,24). The Morgan fingerprint density at radius 2 is 1.88 bits per heavy atom. The van der Waals surface area contributed by atoms with E-state index in [2.05, 4.69) is 19.2 Å².